The van der Waals surface area contributed by atoms with Gasteiger partial charge >= 0.3 is 0 Å². The van der Waals surface area contributed by atoms with Crippen LogP contribution in [-0.4, -0.2) is 43.8 Å². The highest BCUT2D eigenvalue weighted by atomic mass is 32.2. The molecule has 0 aliphatic heterocycles. The number of rotatable bonds is 9. The van der Waals surface area contributed by atoms with Crippen LogP contribution in [0.15, 0.2) is 64.5 Å². The second-order valence-corrected chi connectivity index (χ2v) is 7.93. The molecule has 1 amide bonds. The highest BCUT2D eigenvalue weighted by molar-refractivity contribution is 8.00. The molecule has 2 aromatic carbocycles. The van der Waals surface area contributed by atoms with Crippen LogP contribution in [-0.2, 0) is 6.42 Å². The summed E-state index contributed by atoms with van der Waals surface area (Å²) in [5.41, 5.74) is 1.81. The summed E-state index contributed by atoms with van der Waals surface area (Å²) in [4.78, 5) is 17.7. The van der Waals surface area contributed by atoms with Gasteiger partial charge in [-0.05, 0) is 43.2 Å². The van der Waals surface area contributed by atoms with Gasteiger partial charge in [0.05, 0.1) is 6.54 Å². The number of hydrogen-bond donors (Lipinski definition) is 3. The number of thioether (sulfide) groups is 1. The summed E-state index contributed by atoms with van der Waals surface area (Å²) in [5.74, 6) is 0.764. The fraction of sp³-hybridized carbons (Fsp3) is 0.364. The van der Waals surface area contributed by atoms with Crippen molar-refractivity contribution in [2.24, 2.45) is 4.99 Å². The van der Waals surface area contributed by atoms with Crippen molar-refractivity contribution in [2.45, 2.75) is 30.4 Å². The van der Waals surface area contributed by atoms with Gasteiger partial charge in [-0.2, -0.15) is 0 Å². The minimum Gasteiger partial charge on any atom is -0.357 e. The van der Waals surface area contributed by atoms with Gasteiger partial charge in [0, 0.05) is 35.8 Å². The van der Waals surface area contributed by atoms with Crippen LogP contribution in [0.2, 0.25) is 0 Å². The quantitative estimate of drug-likeness (QED) is 0.344. The van der Waals surface area contributed by atoms with Crippen LogP contribution in [0.5, 0.6) is 0 Å². The van der Waals surface area contributed by atoms with Crippen LogP contribution in [0.4, 0.5) is 0 Å². The smallest absolute Gasteiger partial charge is 0.251 e. The fourth-order valence-corrected chi connectivity index (χ4v) is 3.60. The lowest BCUT2D eigenvalue weighted by atomic mass is 10.1. The van der Waals surface area contributed by atoms with Crippen LogP contribution in [0.1, 0.15) is 29.8 Å². The zero-order valence-electron chi connectivity index (χ0n) is 16.9. The monoisotopic (exact) mass is 398 g/mol. The van der Waals surface area contributed by atoms with Crippen molar-refractivity contribution in [1.29, 1.82) is 0 Å². The van der Waals surface area contributed by atoms with Crippen molar-refractivity contribution < 1.29 is 4.79 Å². The number of hydrogen-bond acceptors (Lipinski definition) is 3. The first-order valence-electron chi connectivity index (χ1n) is 9.67. The fourth-order valence-electron chi connectivity index (χ4n) is 2.67. The maximum absolute atomic E-state index is 11.8. The topological polar surface area (TPSA) is 65.5 Å². The lowest BCUT2D eigenvalue weighted by Gasteiger charge is -2.14. The highest BCUT2D eigenvalue weighted by Gasteiger charge is 2.06. The molecule has 1 unspecified atom stereocenters. The number of carbonyl (C=O) groups excluding carboxylic acids is 1. The predicted molar refractivity (Wildman–Crippen MR) is 119 cm³/mol. The number of nitrogens with zero attached hydrogens (tertiary/aromatic N) is 1. The third-order valence-corrected chi connectivity index (χ3v) is 5.15. The normalized spacial score (nSPS) is 12.3. The maximum atomic E-state index is 11.8. The molecule has 0 fully saturated rings. The van der Waals surface area contributed by atoms with Gasteiger partial charge in [0.1, 0.15) is 0 Å². The Morgan fingerprint density at radius 1 is 1.11 bits per heavy atom. The standard InChI is InChI=1S/C22H30N4OS/c1-4-24-22(26-16-17(2)28-20-11-6-5-7-12-20)25-14-13-18-9-8-10-19(15-18)21(27)23-3/h5-12,15,17H,4,13-14,16H2,1-3H3,(H,23,27)(H2,24,25,26). The van der Waals surface area contributed by atoms with E-state index in [2.05, 4.69) is 54.1 Å². The molecule has 6 heteroatoms. The van der Waals surface area contributed by atoms with Crippen molar-refractivity contribution in [2.75, 3.05) is 26.7 Å². The number of nitrogens with one attached hydrogen (secondary N) is 3. The molecular weight excluding hydrogens is 368 g/mol. The lowest BCUT2D eigenvalue weighted by molar-refractivity contribution is 0.0963. The molecule has 3 N–H and O–H groups in total. The molecule has 0 aliphatic rings. The number of amides is 1. The molecule has 150 valence electrons. The molecule has 1 atom stereocenters. The van der Waals surface area contributed by atoms with E-state index in [1.54, 1.807) is 7.05 Å². The Labute approximate surface area is 172 Å². The molecule has 2 aromatic rings. The van der Waals surface area contributed by atoms with Crippen LogP contribution in [0, 0.1) is 0 Å². The molecule has 0 radical (unpaired) electrons. The third kappa shape index (κ3) is 7.64. The van der Waals surface area contributed by atoms with E-state index >= 15 is 0 Å². The largest absolute Gasteiger partial charge is 0.357 e. The molecular formula is C22H30N4OS. The van der Waals surface area contributed by atoms with Gasteiger partial charge in [-0.25, -0.2) is 0 Å². The number of guanidine groups is 1. The SMILES string of the molecule is CCNC(=NCC(C)Sc1ccccc1)NCCc1cccc(C(=O)NC)c1. The summed E-state index contributed by atoms with van der Waals surface area (Å²) < 4.78 is 0. The van der Waals surface area contributed by atoms with E-state index in [0.29, 0.717) is 10.8 Å². The van der Waals surface area contributed by atoms with Gasteiger partial charge in [-0.15, -0.1) is 11.8 Å². The lowest BCUT2D eigenvalue weighted by Crippen LogP contribution is -2.38. The Bertz CT molecular complexity index is 764. The van der Waals surface area contributed by atoms with Crippen LogP contribution in [0.3, 0.4) is 0 Å². The first kappa shape index (κ1) is 21.8. The van der Waals surface area contributed by atoms with Crippen LogP contribution < -0.4 is 16.0 Å². The molecule has 0 spiro atoms. The van der Waals surface area contributed by atoms with Crippen LogP contribution >= 0.6 is 11.8 Å². The predicted octanol–water partition coefficient (Wildman–Crippen LogP) is 3.32. The van der Waals surface area contributed by atoms with Gasteiger partial charge in [-0.1, -0.05) is 37.3 Å². The zero-order chi connectivity index (χ0) is 20.2. The Morgan fingerprint density at radius 2 is 1.89 bits per heavy atom. The van der Waals surface area contributed by atoms with E-state index in [0.717, 1.165) is 37.6 Å². The Hall–Kier alpha value is -2.47. The second kappa shape index (κ2) is 12.1. The zero-order valence-corrected chi connectivity index (χ0v) is 17.7. The summed E-state index contributed by atoms with van der Waals surface area (Å²) in [6.07, 6.45) is 0.823. The highest BCUT2D eigenvalue weighted by Crippen LogP contribution is 2.22. The van der Waals surface area contributed by atoms with Crippen molar-refractivity contribution in [3.63, 3.8) is 0 Å². The molecule has 0 saturated carbocycles. The first-order valence-corrected chi connectivity index (χ1v) is 10.5. The maximum Gasteiger partial charge on any atom is 0.251 e. The summed E-state index contributed by atoms with van der Waals surface area (Å²) in [6.45, 7) is 6.56. The number of carbonyl (C=O) groups is 1. The van der Waals surface area contributed by atoms with Crippen LogP contribution in [0.25, 0.3) is 0 Å². The molecule has 0 aliphatic carbocycles. The molecule has 2 rings (SSSR count). The van der Waals surface area contributed by atoms with E-state index in [1.807, 2.05) is 42.1 Å². The van der Waals surface area contributed by atoms with E-state index < -0.39 is 0 Å². The van der Waals surface area contributed by atoms with Gasteiger partial charge in [0.2, 0.25) is 0 Å². The Balaban J connectivity index is 1.85. The minimum atomic E-state index is -0.0605. The minimum absolute atomic E-state index is 0.0605. The van der Waals surface area contributed by atoms with Gasteiger partial charge in [-0.3, -0.25) is 9.79 Å². The molecule has 28 heavy (non-hydrogen) atoms. The molecule has 0 bridgehead atoms. The van der Waals surface area contributed by atoms with Gasteiger partial charge < -0.3 is 16.0 Å². The Kier molecular flexibility index (Phi) is 9.42. The summed E-state index contributed by atoms with van der Waals surface area (Å²) in [5, 5.41) is 9.72. The van der Waals surface area contributed by atoms with Gasteiger partial charge in [0.15, 0.2) is 5.96 Å². The van der Waals surface area contributed by atoms with Crippen molar-refractivity contribution >= 4 is 23.6 Å². The average molecular weight is 399 g/mol. The summed E-state index contributed by atoms with van der Waals surface area (Å²) in [6, 6.07) is 18.1. The third-order valence-electron chi connectivity index (χ3n) is 4.05. The second-order valence-electron chi connectivity index (χ2n) is 6.42. The first-order chi connectivity index (χ1) is 13.6. The van der Waals surface area contributed by atoms with E-state index in [9.17, 15) is 4.79 Å². The molecule has 0 heterocycles. The number of benzene rings is 2. The number of aliphatic imine (C=N–C) groups is 1. The van der Waals surface area contributed by atoms with Gasteiger partial charge in [0.25, 0.3) is 5.91 Å². The van der Waals surface area contributed by atoms with Crippen molar-refractivity contribution in [1.82, 2.24) is 16.0 Å². The molecule has 0 saturated heterocycles. The van der Waals surface area contributed by atoms with Crippen molar-refractivity contribution in [3.05, 3.63) is 65.7 Å². The van der Waals surface area contributed by atoms with E-state index in [4.69, 9.17) is 4.99 Å². The van der Waals surface area contributed by atoms with E-state index in [-0.39, 0.29) is 5.91 Å². The average Bonchev–Trinajstić information content (AvgIpc) is 2.72. The summed E-state index contributed by atoms with van der Waals surface area (Å²) >= 11 is 1.83. The van der Waals surface area contributed by atoms with E-state index in [1.165, 1.54) is 4.90 Å². The summed E-state index contributed by atoms with van der Waals surface area (Å²) in [7, 11) is 1.65. The molecule has 0 aromatic heterocycles. The van der Waals surface area contributed by atoms with Crippen molar-refractivity contribution in [3.8, 4) is 0 Å². The molecule has 5 nitrogen and oxygen atoms in total. The Morgan fingerprint density at radius 3 is 2.61 bits per heavy atom.